The summed E-state index contributed by atoms with van der Waals surface area (Å²) in [6.07, 6.45) is 2.96. The van der Waals surface area contributed by atoms with E-state index in [1.165, 1.54) is 6.42 Å². The first-order valence-electron chi connectivity index (χ1n) is 5.85. The molecule has 1 saturated heterocycles. The molecule has 0 aliphatic carbocycles. The summed E-state index contributed by atoms with van der Waals surface area (Å²) in [4.78, 5) is 2.35. The van der Waals surface area contributed by atoms with Gasteiger partial charge in [0.15, 0.2) is 0 Å². The van der Waals surface area contributed by atoms with Crippen molar-refractivity contribution in [2.75, 3.05) is 32.7 Å². The minimum atomic E-state index is -0.434. The van der Waals surface area contributed by atoms with E-state index in [4.69, 9.17) is 0 Å². The van der Waals surface area contributed by atoms with Gasteiger partial charge in [0, 0.05) is 6.54 Å². The number of hydrogen-bond donors (Lipinski definition) is 2. The second-order valence-corrected chi connectivity index (χ2v) is 4.34. The summed E-state index contributed by atoms with van der Waals surface area (Å²) in [5.74, 6) is 0. The number of likely N-dealkylation sites (N-methyl/N-ethyl adjacent to an activating group) is 1. The Morgan fingerprint density at radius 3 is 2.43 bits per heavy atom. The van der Waals surface area contributed by atoms with E-state index in [-0.39, 0.29) is 0 Å². The molecule has 2 N–H and O–H groups in total. The van der Waals surface area contributed by atoms with Crippen LogP contribution in [0.3, 0.4) is 0 Å². The van der Waals surface area contributed by atoms with Crippen LogP contribution in [0.4, 0.5) is 0 Å². The van der Waals surface area contributed by atoms with Gasteiger partial charge in [0.2, 0.25) is 0 Å². The number of nitrogens with one attached hydrogen (secondary N) is 1. The predicted molar refractivity (Wildman–Crippen MR) is 59.5 cm³/mol. The Balaban J connectivity index is 2.38. The molecule has 0 saturated carbocycles. The minimum absolute atomic E-state index is 0.434. The van der Waals surface area contributed by atoms with Gasteiger partial charge in [0.05, 0.1) is 5.60 Å². The fourth-order valence-corrected chi connectivity index (χ4v) is 2.13. The monoisotopic (exact) mass is 200 g/mol. The van der Waals surface area contributed by atoms with Crippen molar-refractivity contribution in [3.63, 3.8) is 0 Å². The summed E-state index contributed by atoms with van der Waals surface area (Å²) in [6, 6.07) is 0. The van der Waals surface area contributed by atoms with E-state index in [0.29, 0.717) is 0 Å². The van der Waals surface area contributed by atoms with Gasteiger partial charge >= 0.3 is 0 Å². The van der Waals surface area contributed by atoms with Gasteiger partial charge in [0.25, 0.3) is 0 Å². The van der Waals surface area contributed by atoms with Crippen LogP contribution < -0.4 is 5.32 Å². The maximum atomic E-state index is 10.3. The molecule has 1 aliphatic rings. The van der Waals surface area contributed by atoms with Crippen LogP contribution in [0.5, 0.6) is 0 Å². The van der Waals surface area contributed by atoms with E-state index in [1.807, 2.05) is 0 Å². The SMILES string of the molecule is CCCN(CC)CC1(O)CCNCC1. The molecule has 3 nitrogen and oxygen atoms in total. The van der Waals surface area contributed by atoms with Crippen molar-refractivity contribution in [2.24, 2.45) is 0 Å². The number of hydrogen-bond acceptors (Lipinski definition) is 3. The quantitative estimate of drug-likeness (QED) is 0.690. The van der Waals surface area contributed by atoms with Crippen molar-refractivity contribution in [3.8, 4) is 0 Å². The molecule has 0 amide bonds. The van der Waals surface area contributed by atoms with Gasteiger partial charge in [0.1, 0.15) is 0 Å². The average molecular weight is 200 g/mol. The average Bonchev–Trinajstić information content (AvgIpc) is 2.18. The highest BCUT2D eigenvalue weighted by Crippen LogP contribution is 2.19. The first-order valence-corrected chi connectivity index (χ1v) is 5.85. The van der Waals surface area contributed by atoms with Gasteiger partial charge in [-0.3, -0.25) is 0 Å². The molecule has 3 heteroatoms. The van der Waals surface area contributed by atoms with Crippen LogP contribution in [-0.2, 0) is 0 Å². The van der Waals surface area contributed by atoms with E-state index in [2.05, 4.69) is 24.1 Å². The second-order valence-electron chi connectivity index (χ2n) is 4.34. The zero-order valence-corrected chi connectivity index (χ0v) is 9.55. The summed E-state index contributed by atoms with van der Waals surface area (Å²) < 4.78 is 0. The molecule has 0 aromatic heterocycles. The standard InChI is InChI=1S/C11H24N2O/c1-3-9-13(4-2)10-11(14)5-7-12-8-6-11/h12,14H,3-10H2,1-2H3. The van der Waals surface area contributed by atoms with Crippen molar-refractivity contribution >= 4 is 0 Å². The highest BCUT2D eigenvalue weighted by molar-refractivity contribution is 4.87. The van der Waals surface area contributed by atoms with Gasteiger partial charge in [-0.2, -0.15) is 0 Å². The Morgan fingerprint density at radius 1 is 1.29 bits per heavy atom. The lowest BCUT2D eigenvalue weighted by atomic mass is 9.92. The first kappa shape index (κ1) is 12.0. The van der Waals surface area contributed by atoms with Gasteiger partial charge < -0.3 is 15.3 Å². The Morgan fingerprint density at radius 2 is 1.93 bits per heavy atom. The van der Waals surface area contributed by atoms with Crippen molar-refractivity contribution in [3.05, 3.63) is 0 Å². The molecule has 14 heavy (non-hydrogen) atoms. The van der Waals surface area contributed by atoms with Gasteiger partial charge in [-0.1, -0.05) is 13.8 Å². The fourth-order valence-electron chi connectivity index (χ4n) is 2.13. The van der Waals surface area contributed by atoms with Gasteiger partial charge in [-0.25, -0.2) is 0 Å². The first-order chi connectivity index (χ1) is 6.70. The van der Waals surface area contributed by atoms with Crippen molar-refractivity contribution in [1.82, 2.24) is 10.2 Å². The van der Waals surface area contributed by atoms with Crippen LogP contribution in [-0.4, -0.2) is 48.3 Å². The molecule has 0 radical (unpaired) electrons. The molecule has 0 unspecified atom stereocenters. The van der Waals surface area contributed by atoms with Crippen LogP contribution in [0, 0.1) is 0 Å². The summed E-state index contributed by atoms with van der Waals surface area (Å²) in [5, 5.41) is 13.6. The lowest BCUT2D eigenvalue weighted by molar-refractivity contribution is -0.0197. The number of rotatable bonds is 5. The van der Waals surface area contributed by atoms with Crippen LogP contribution in [0.2, 0.25) is 0 Å². The van der Waals surface area contributed by atoms with E-state index < -0.39 is 5.60 Å². The normalized spacial score (nSPS) is 21.4. The van der Waals surface area contributed by atoms with Gasteiger partial charge in [-0.05, 0) is 45.4 Å². The molecule has 1 aliphatic heterocycles. The molecule has 0 aromatic carbocycles. The molecule has 0 spiro atoms. The van der Waals surface area contributed by atoms with E-state index in [1.54, 1.807) is 0 Å². The third-order valence-electron chi connectivity index (χ3n) is 3.04. The molecule has 84 valence electrons. The Bertz CT molecular complexity index is 155. The minimum Gasteiger partial charge on any atom is -0.388 e. The van der Waals surface area contributed by atoms with Crippen LogP contribution in [0.1, 0.15) is 33.1 Å². The molecule has 0 aromatic rings. The van der Waals surface area contributed by atoms with Crippen LogP contribution in [0.25, 0.3) is 0 Å². The topological polar surface area (TPSA) is 35.5 Å². The number of nitrogens with zero attached hydrogens (tertiary/aromatic N) is 1. The maximum Gasteiger partial charge on any atom is 0.0798 e. The van der Waals surface area contributed by atoms with Crippen molar-refractivity contribution in [2.45, 2.75) is 38.7 Å². The molecule has 1 heterocycles. The Kier molecular flexibility index (Phi) is 4.85. The smallest absolute Gasteiger partial charge is 0.0798 e. The summed E-state index contributed by atoms with van der Waals surface area (Å²) in [7, 11) is 0. The molecule has 1 fully saturated rings. The molecule has 0 atom stereocenters. The highest BCUT2D eigenvalue weighted by atomic mass is 16.3. The van der Waals surface area contributed by atoms with E-state index in [9.17, 15) is 5.11 Å². The zero-order valence-electron chi connectivity index (χ0n) is 9.55. The maximum absolute atomic E-state index is 10.3. The highest BCUT2D eigenvalue weighted by Gasteiger charge is 2.30. The van der Waals surface area contributed by atoms with Crippen LogP contribution >= 0.6 is 0 Å². The zero-order chi connectivity index (χ0) is 10.4. The largest absolute Gasteiger partial charge is 0.388 e. The Hall–Kier alpha value is -0.120. The van der Waals surface area contributed by atoms with Gasteiger partial charge in [-0.15, -0.1) is 0 Å². The Labute approximate surface area is 87.5 Å². The molecule has 1 rings (SSSR count). The summed E-state index contributed by atoms with van der Waals surface area (Å²) in [6.45, 7) is 9.27. The third-order valence-corrected chi connectivity index (χ3v) is 3.04. The second kappa shape index (κ2) is 5.69. The van der Waals surface area contributed by atoms with E-state index in [0.717, 1.165) is 45.6 Å². The lowest BCUT2D eigenvalue weighted by Crippen LogP contribution is -2.49. The molecule has 0 bridgehead atoms. The van der Waals surface area contributed by atoms with Crippen molar-refractivity contribution in [1.29, 1.82) is 0 Å². The number of piperidine rings is 1. The molecular weight excluding hydrogens is 176 g/mol. The van der Waals surface area contributed by atoms with Crippen molar-refractivity contribution < 1.29 is 5.11 Å². The predicted octanol–water partition coefficient (Wildman–Crippen LogP) is 0.833. The van der Waals surface area contributed by atoms with Crippen LogP contribution in [0.15, 0.2) is 0 Å². The fraction of sp³-hybridized carbons (Fsp3) is 1.00. The number of aliphatic hydroxyl groups is 1. The lowest BCUT2D eigenvalue weighted by Gasteiger charge is -2.36. The summed E-state index contributed by atoms with van der Waals surface area (Å²) in [5.41, 5.74) is -0.434. The van der Waals surface area contributed by atoms with E-state index >= 15 is 0 Å². The third kappa shape index (κ3) is 3.56. The molecular formula is C11H24N2O. The summed E-state index contributed by atoms with van der Waals surface area (Å²) >= 11 is 0.